The van der Waals surface area contributed by atoms with Crippen LogP contribution in [0.5, 0.6) is 11.5 Å². The van der Waals surface area contributed by atoms with Crippen LogP contribution in [0.15, 0.2) is 48.8 Å². The maximum Gasteiger partial charge on any atom is 0.137 e. The van der Waals surface area contributed by atoms with Crippen molar-refractivity contribution in [2.45, 2.75) is 19.9 Å². The highest BCUT2D eigenvalue weighted by atomic mass is 16.5. The van der Waals surface area contributed by atoms with Crippen molar-refractivity contribution in [2.75, 3.05) is 19.8 Å². The summed E-state index contributed by atoms with van der Waals surface area (Å²) in [6, 6.07) is 11.9. The van der Waals surface area contributed by atoms with Crippen molar-refractivity contribution < 1.29 is 9.47 Å². The van der Waals surface area contributed by atoms with E-state index in [4.69, 9.17) is 9.47 Å². The summed E-state index contributed by atoms with van der Waals surface area (Å²) in [5.41, 5.74) is 1.27. The third-order valence-corrected chi connectivity index (χ3v) is 2.93. The van der Waals surface area contributed by atoms with Gasteiger partial charge in [0.05, 0.1) is 6.20 Å². The summed E-state index contributed by atoms with van der Waals surface area (Å²) in [7, 11) is 0. The molecule has 0 amide bonds. The topological polar surface area (TPSA) is 43.4 Å². The van der Waals surface area contributed by atoms with E-state index in [9.17, 15) is 0 Å². The molecule has 4 heteroatoms. The van der Waals surface area contributed by atoms with Crippen LogP contribution in [-0.2, 0) is 6.54 Å². The van der Waals surface area contributed by atoms with Crippen LogP contribution in [0.4, 0.5) is 0 Å². The quantitative estimate of drug-likeness (QED) is 0.720. The van der Waals surface area contributed by atoms with Crippen molar-refractivity contribution in [3.63, 3.8) is 0 Å². The summed E-state index contributed by atoms with van der Waals surface area (Å²) < 4.78 is 11.2. The Bertz CT molecular complexity index is 500. The fourth-order valence-electron chi connectivity index (χ4n) is 1.86. The van der Waals surface area contributed by atoms with Gasteiger partial charge in [-0.05, 0) is 42.8 Å². The molecular formula is C17H22N2O2. The lowest BCUT2D eigenvalue weighted by molar-refractivity contribution is 0.216. The van der Waals surface area contributed by atoms with E-state index >= 15 is 0 Å². The number of benzene rings is 1. The molecule has 0 radical (unpaired) electrons. The molecule has 21 heavy (non-hydrogen) atoms. The van der Waals surface area contributed by atoms with E-state index in [0.717, 1.165) is 31.0 Å². The number of hydrogen-bond acceptors (Lipinski definition) is 4. The van der Waals surface area contributed by atoms with Crippen molar-refractivity contribution in [3.8, 4) is 11.5 Å². The Morgan fingerprint density at radius 1 is 1.00 bits per heavy atom. The van der Waals surface area contributed by atoms with E-state index in [0.29, 0.717) is 13.2 Å². The fraction of sp³-hybridized carbons (Fsp3) is 0.353. The van der Waals surface area contributed by atoms with Crippen molar-refractivity contribution in [1.29, 1.82) is 0 Å². The summed E-state index contributed by atoms with van der Waals surface area (Å²) in [4.78, 5) is 3.99. The van der Waals surface area contributed by atoms with Crippen LogP contribution in [0, 0.1) is 0 Å². The third kappa shape index (κ3) is 5.83. The number of rotatable bonds is 9. The zero-order valence-electron chi connectivity index (χ0n) is 12.4. The molecule has 0 saturated heterocycles. The summed E-state index contributed by atoms with van der Waals surface area (Å²) >= 11 is 0. The Hall–Kier alpha value is -2.07. The summed E-state index contributed by atoms with van der Waals surface area (Å²) in [5.74, 6) is 1.63. The average molecular weight is 286 g/mol. The minimum Gasteiger partial charge on any atom is -0.490 e. The molecule has 0 aliphatic carbocycles. The molecule has 0 aliphatic rings. The Labute approximate surface area is 126 Å². The molecule has 0 fully saturated rings. The van der Waals surface area contributed by atoms with E-state index in [1.54, 1.807) is 12.4 Å². The molecule has 1 aromatic carbocycles. The first-order valence-corrected chi connectivity index (χ1v) is 7.34. The van der Waals surface area contributed by atoms with Gasteiger partial charge in [-0.3, -0.25) is 4.98 Å². The molecule has 1 heterocycles. The Kier molecular flexibility index (Phi) is 6.55. The van der Waals surface area contributed by atoms with Crippen LogP contribution in [0.1, 0.15) is 18.9 Å². The first-order valence-electron chi connectivity index (χ1n) is 7.34. The minimum absolute atomic E-state index is 0.505. The standard InChI is InChI=1S/C17H22N2O2/c1-2-9-18-13-15-5-7-16(8-6-15)20-11-12-21-17-4-3-10-19-14-17/h3-8,10,14,18H,2,9,11-13H2,1H3. The highest BCUT2D eigenvalue weighted by Crippen LogP contribution is 2.12. The van der Waals surface area contributed by atoms with Gasteiger partial charge in [0.2, 0.25) is 0 Å². The van der Waals surface area contributed by atoms with Gasteiger partial charge < -0.3 is 14.8 Å². The Morgan fingerprint density at radius 2 is 1.76 bits per heavy atom. The van der Waals surface area contributed by atoms with E-state index in [-0.39, 0.29) is 0 Å². The molecule has 1 N–H and O–H groups in total. The molecule has 1 aromatic heterocycles. The monoisotopic (exact) mass is 286 g/mol. The zero-order chi connectivity index (χ0) is 14.8. The Balaban J connectivity index is 1.66. The maximum atomic E-state index is 5.64. The number of hydrogen-bond donors (Lipinski definition) is 1. The maximum absolute atomic E-state index is 5.64. The third-order valence-electron chi connectivity index (χ3n) is 2.93. The molecule has 0 spiro atoms. The first kappa shape index (κ1) is 15.3. The van der Waals surface area contributed by atoms with E-state index in [1.165, 1.54) is 5.56 Å². The van der Waals surface area contributed by atoms with Crippen molar-refractivity contribution in [2.24, 2.45) is 0 Å². The van der Waals surface area contributed by atoms with E-state index in [2.05, 4.69) is 29.4 Å². The van der Waals surface area contributed by atoms with Crippen molar-refractivity contribution >= 4 is 0 Å². The van der Waals surface area contributed by atoms with Crippen molar-refractivity contribution in [3.05, 3.63) is 54.4 Å². The van der Waals surface area contributed by atoms with Crippen LogP contribution in [0.25, 0.3) is 0 Å². The molecule has 2 aromatic rings. The summed E-state index contributed by atoms with van der Waals surface area (Å²) in [5, 5.41) is 3.37. The molecule has 4 nitrogen and oxygen atoms in total. The van der Waals surface area contributed by atoms with Gasteiger partial charge in [0.25, 0.3) is 0 Å². The largest absolute Gasteiger partial charge is 0.490 e. The predicted octanol–water partition coefficient (Wildman–Crippen LogP) is 3.04. The molecule has 0 atom stereocenters. The molecule has 0 unspecified atom stereocenters. The molecule has 0 saturated carbocycles. The highest BCUT2D eigenvalue weighted by Gasteiger charge is 1.97. The van der Waals surface area contributed by atoms with Gasteiger partial charge in [-0.15, -0.1) is 0 Å². The first-order chi connectivity index (χ1) is 10.4. The summed E-state index contributed by atoms with van der Waals surface area (Å²) in [6.45, 7) is 5.13. The second-order valence-corrected chi connectivity index (χ2v) is 4.71. The lowest BCUT2D eigenvalue weighted by atomic mass is 10.2. The number of pyridine rings is 1. The predicted molar refractivity (Wildman–Crippen MR) is 83.7 cm³/mol. The van der Waals surface area contributed by atoms with Gasteiger partial charge in [-0.2, -0.15) is 0 Å². The van der Waals surface area contributed by atoms with Gasteiger partial charge in [0, 0.05) is 12.7 Å². The second-order valence-electron chi connectivity index (χ2n) is 4.71. The van der Waals surface area contributed by atoms with Gasteiger partial charge in [-0.25, -0.2) is 0 Å². The van der Waals surface area contributed by atoms with Gasteiger partial charge in [0.15, 0.2) is 0 Å². The highest BCUT2D eigenvalue weighted by molar-refractivity contribution is 5.27. The number of aromatic nitrogens is 1. The zero-order valence-corrected chi connectivity index (χ0v) is 12.4. The molecule has 0 bridgehead atoms. The number of nitrogens with zero attached hydrogens (tertiary/aromatic N) is 1. The fourth-order valence-corrected chi connectivity index (χ4v) is 1.86. The molecule has 0 aliphatic heterocycles. The molecule has 112 valence electrons. The van der Waals surface area contributed by atoms with Gasteiger partial charge in [-0.1, -0.05) is 19.1 Å². The average Bonchev–Trinajstić information content (AvgIpc) is 2.54. The van der Waals surface area contributed by atoms with Crippen LogP contribution >= 0.6 is 0 Å². The van der Waals surface area contributed by atoms with Crippen LogP contribution in [0.3, 0.4) is 0 Å². The number of ether oxygens (including phenoxy) is 2. The SMILES string of the molecule is CCCNCc1ccc(OCCOc2cccnc2)cc1. The lowest BCUT2D eigenvalue weighted by Crippen LogP contribution is -2.13. The van der Waals surface area contributed by atoms with Crippen LogP contribution in [0.2, 0.25) is 0 Å². The van der Waals surface area contributed by atoms with E-state index in [1.807, 2.05) is 24.3 Å². The second kappa shape index (κ2) is 8.97. The van der Waals surface area contributed by atoms with Crippen LogP contribution in [-0.4, -0.2) is 24.7 Å². The molecular weight excluding hydrogens is 264 g/mol. The van der Waals surface area contributed by atoms with Crippen molar-refractivity contribution in [1.82, 2.24) is 10.3 Å². The molecule has 2 rings (SSSR count). The van der Waals surface area contributed by atoms with Gasteiger partial charge in [0.1, 0.15) is 24.7 Å². The lowest BCUT2D eigenvalue weighted by Gasteiger charge is -2.09. The van der Waals surface area contributed by atoms with Crippen LogP contribution < -0.4 is 14.8 Å². The Morgan fingerprint density at radius 3 is 2.43 bits per heavy atom. The van der Waals surface area contributed by atoms with E-state index < -0.39 is 0 Å². The van der Waals surface area contributed by atoms with Gasteiger partial charge >= 0.3 is 0 Å². The minimum atomic E-state index is 0.505. The smallest absolute Gasteiger partial charge is 0.137 e. The summed E-state index contributed by atoms with van der Waals surface area (Å²) in [6.07, 6.45) is 4.57. The normalized spacial score (nSPS) is 10.3. The number of nitrogens with one attached hydrogen (secondary N) is 1.